The molecule has 1 amide bonds. The van der Waals surface area contributed by atoms with Crippen LogP contribution in [0.3, 0.4) is 0 Å². The van der Waals surface area contributed by atoms with Crippen LogP contribution < -0.4 is 5.32 Å². The lowest BCUT2D eigenvalue weighted by Gasteiger charge is -2.51. The summed E-state index contributed by atoms with van der Waals surface area (Å²) in [6, 6.07) is 17.4. The van der Waals surface area contributed by atoms with Gasteiger partial charge in [-0.1, -0.05) is 66.7 Å². The molecule has 3 rings (SSSR count). The summed E-state index contributed by atoms with van der Waals surface area (Å²) in [7, 11) is 0. The van der Waals surface area contributed by atoms with Gasteiger partial charge in [0.2, 0.25) is 5.91 Å². The van der Waals surface area contributed by atoms with Gasteiger partial charge in [0.15, 0.2) is 6.29 Å². The predicted molar refractivity (Wildman–Crippen MR) is 120 cm³/mol. The molecule has 2 aromatic rings. The Balaban J connectivity index is 1.95. The second-order valence-corrected chi connectivity index (χ2v) is 8.12. The van der Waals surface area contributed by atoms with Crippen molar-refractivity contribution in [3.63, 3.8) is 0 Å². The molecule has 0 radical (unpaired) electrons. The number of hydrogen-bond donors (Lipinski definition) is 4. The first-order valence-electron chi connectivity index (χ1n) is 10.7. The topological polar surface area (TPSA) is 108 Å². The van der Waals surface area contributed by atoms with Crippen LogP contribution in [0, 0.1) is 0 Å². The van der Waals surface area contributed by atoms with Crippen LogP contribution in [0.1, 0.15) is 18.1 Å². The zero-order chi connectivity index (χ0) is 23.1. The minimum atomic E-state index is -1.86. The molecule has 172 valence electrons. The van der Waals surface area contributed by atoms with E-state index in [1.807, 2.05) is 60.7 Å². The molecule has 32 heavy (non-hydrogen) atoms. The van der Waals surface area contributed by atoms with Crippen molar-refractivity contribution >= 4 is 5.91 Å². The number of carbonyl (C=O) groups is 1. The number of hydrogen-bond acceptors (Lipinski definition) is 6. The number of aliphatic hydroxyl groups excluding tert-OH is 2. The maximum absolute atomic E-state index is 12.0. The van der Waals surface area contributed by atoms with Crippen LogP contribution in [0.15, 0.2) is 73.3 Å². The molecule has 0 aromatic heterocycles. The van der Waals surface area contributed by atoms with E-state index in [1.165, 1.54) is 13.0 Å². The largest absolute Gasteiger partial charge is 0.390 e. The summed E-state index contributed by atoms with van der Waals surface area (Å²) < 4.78 is 11.7. The third-order valence-electron chi connectivity index (χ3n) is 5.66. The van der Waals surface area contributed by atoms with E-state index >= 15 is 0 Å². The number of nitrogens with one attached hydrogen (secondary N) is 1. The highest BCUT2D eigenvalue weighted by molar-refractivity contribution is 5.73. The Morgan fingerprint density at radius 3 is 2.34 bits per heavy atom. The highest BCUT2D eigenvalue weighted by Crippen LogP contribution is 2.35. The molecule has 7 nitrogen and oxygen atoms in total. The smallest absolute Gasteiger partial charge is 0.217 e. The van der Waals surface area contributed by atoms with Crippen LogP contribution in [0.25, 0.3) is 0 Å². The fourth-order valence-corrected chi connectivity index (χ4v) is 4.13. The lowest BCUT2D eigenvalue weighted by atomic mass is 9.76. The molecular formula is C25H31NO6. The van der Waals surface area contributed by atoms with Crippen molar-refractivity contribution in [2.24, 2.45) is 0 Å². The SMILES string of the molecule is C=CCO[C@H]1O[C@H](C(O)Cc2ccccc2)[C@@H](O)[C@@](O)(Cc2ccccc2)[C@@H]1NC(C)=O. The van der Waals surface area contributed by atoms with Gasteiger partial charge in [-0.05, 0) is 11.1 Å². The van der Waals surface area contributed by atoms with Crippen molar-refractivity contribution in [2.75, 3.05) is 6.61 Å². The Morgan fingerprint density at radius 1 is 1.19 bits per heavy atom. The first-order valence-corrected chi connectivity index (χ1v) is 10.7. The lowest BCUT2D eigenvalue weighted by Crippen LogP contribution is -2.73. The normalized spacial score (nSPS) is 28.6. The Hall–Kier alpha value is -2.55. The van der Waals surface area contributed by atoms with Gasteiger partial charge in [-0.2, -0.15) is 0 Å². The number of benzene rings is 2. The molecule has 1 unspecified atom stereocenters. The predicted octanol–water partition coefficient (Wildman–Crippen LogP) is 1.36. The van der Waals surface area contributed by atoms with Crippen molar-refractivity contribution in [2.45, 2.75) is 56.0 Å². The van der Waals surface area contributed by atoms with Crippen LogP contribution in [0.5, 0.6) is 0 Å². The minimum absolute atomic E-state index is 0.0197. The molecule has 1 aliphatic rings. The van der Waals surface area contributed by atoms with Gasteiger partial charge in [-0.15, -0.1) is 6.58 Å². The van der Waals surface area contributed by atoms with Crippen LogP contribution in [-0.2, 0) is 27.1 Å². The van der Waals surface area contributed by atoms with E-state index in [-0.39, 0.29) is 19.4 Å². The summed E-state index contributed by atoms with van der Waals surface area (Å²) in [5, 5.41) is 36.7. The summed E-state index contributed by atoms with van der Waals surface area (Å²) in [6.45, 7) is 5.04. The fraction of sp³-hybridized carbons (Fsp3) is 0.400. The van der Waals surface area contributed by atoms with Crippen LogP contribution in [0.2, 0.25) is 0 Å². The maximum atomic E-state index is 12.0. The van der Waals surface area contributed by atoms with E-state index in [0.717, 1.165) is 11.1 Å². The van der Waals surface area contributed by atoms with Crippen molar-refractivity contribution in [1.29, 1.82) is 0 Å². The Morgan fingerprint density at radius 2 is 1.78 bits per heavy atom. The average molecular weight is 442 g/mol. The molecule has 1 aliphatic heterocycles. The summed E-state index contributed by atoms with van der Waals surface area (Å²) in [4.78, 5) is 12.0. The van der Waals surface area contributed by atoms with Gasteiger partial charge >= 0.3 is 0 Å². The molecule has 1 fully saturated rings. The van der Waals surface area contributed by atoms with Crippen molar-refractivity contribution < 1.29 is 29.6 Å². The minimum Gasteiger partial charge on any atom is -0.390 e. The number of carbonyl (C=O) groups excluding carboxylic acids is 1. The summed E-state index contributed by atoms with van der Waals surface area (Å²) in [6.07, 6.45) is -3.13. The van der Waals surface area contributed by atoms with E-state index in [2.05, 4.69) is 11.9 Å². The average Bonchev–Trinajstić information content (AvgIpc) is 2.78. The van der Waals surface area contributed by atoms with E-state index in [0.29, 0.717) is 0 Å². The third kappa shape index (κ3) is 5.62. The fourth-order valence-electron chi connectivity index (χ4n) is 4.13. The number of rotatable bonds is 9. The van der Waals surface area contributed by atoms with Crippen molar-refractivity contribution in [1.82, 2.24) is 5.32 Å². The highest BCUT2D eigenvalue weighted by Gasteiger charge is 2.57. The highest BCUT2D eigenvalue weighted by atomic mass is 16.7. The second-order valence-electron chi connectivity index (χ2n) is 8.12. The summed E-state index contributed by atoms with van der Waals surface area (Å²) in [5.41, 5.74) is -0.251. The zero-order valence-electron chi connectivity index (χ0n) is 18.1. The molecule has 0 spiro atoms. The first kappa shape index (κ1) is 24.1. The van der Waals surface area contributed by atoms with Gasteiger partial charge in [-0.25, -0.2) is 0 Å². The second kappa shape index (κ2) is 10.8. The number of ether oxygens (including phenoxy) is 2. The van der Waals surface area contributed by atoms with Gasteiger partial charge in [0.1, 0.15) is 23.9 Å². The molecule has 0 aliphatic carbocycles. The maximum Gasteiger partial charge on any atom is 0.217 e. The Kier molecular flexibility index (Phi) is 8.17. The molecule has 6 atom stereocenters. The van der Waals surface area contributed by atoms with Gasteiger partial charge in [0, 0.05) is 19.8 Å². The molecule has 1 saturated heterocycles. The molecule has 1 heterocycles. The number of aliphatic hydroxyl groups is 3. The Bertz CT molecular complexity index is 877. The molecule has 0 bridgehead atoms. The monoisotopic (exact) mass is 441 g/mol. The van der Waals surface area contributed by atoms with E-state index < -0.39 is 42.2 Å². The van der Waals surface area contributed by atoms with Gasteiger partial charge < -0.3 is 30.1 Å². The zero-order valence-corrected chi connectivity index (χ0v) is 18.1. The molecule has 7 heteroatoms. The quantitative estimate of drug-likeness (QED) is 0.438. The standard InChI is InChI=1S/C25H31NO6/c1-3-14-31-24-22(26-17(2)27)25(30,16-19-12-8-5-9-13-19)23(29)21(32-24)20(28)15-18-10-6-4-7-11-18/h3-13,20-24,28-30H,1,14-16H2,2H3,(H,26,27)/t20?,21-,22-,23-,24+,25-/m1/s1. The van der Waals surface area contributed by atoms with Crippen LogP contribution >= 0.6 is 0 Å². The van der Waals surface area contributed by atoms with Crippen molar-refractivity contribution in [3.05, 3.63) is 84.4 Å². The Labute approximate surface area is 188 Å². The number of amides is 1. The van der Waals surface area contributed by atoms with E-state index in [1.54, 1.807) is 0 Å². The first-order chi connectivity index (χ1) is 15.3. The van der Waals surface area contributed by atoms with Gasteiger partial charge in [0.05, 0.1) is 12.7 Å². The van der Waals surface area contributed by atoms with Crippen molar-refractivity contribution in [3.8, 4) is 0 Å². The van der Waals surface area contributed by atoms with Gasteiger partial charge in [0.25, 0.3) is 0 Å². The third-order valence-corrected chi connectivity index (χ3v) is 5.66. The van der Waals surface area contributed by atoms with Gasteiger partial charge in [-0.3, -0.25) is 4.79 Å². The molecule has 0 saturated carbocycles. The van der Waals surface area contributed by atoms with E-state index in [9.17, 15) is 20.1 Å². The summed E-state index contributed by atoms with van der Waals surface area (Å²) >= 11 is 0. The molecule has 2 aromatic carbocycles. The van der Waals surface area contributed by atoms with E-state index in [4.69, 9.17) is 9.47 Å². The van der Waals surface area contributed by atoms with Crippen LogP contribution in [0.4, 0.5) is 0 Å². The summed E-state index contributed by atoms with van der Waals surface area (Å²) in [5.74, 6) is -0.409. The van der Waals surface area contributed by atoms with Crippen LogP contribution in [-0.4, -0.2) is 64.1 Å². The molecule has 4 N–H and O–H groups in total. The lowest BCUT2D eigenvalue weighted by molar-refractivity contribution is -0.307. The molecular weight excluding hydrogens is 410 g/mol.